The molecule has 2 atom stereocenters. The minimum atomic E-state index is -0.484. The molecule has 8 heteroatoms. The molecular formula is C22H26ClN3O4. The zero-order valence-electron chi connectivity index (χ0n) is 17.3. The van der Waals surface area contributed by atoms with Gasteiger partial charge in [-0.2, -0.15) is 0 Å². The van der Waals surface area contributed by atoms with Gasteiger partial charge in [-0.15, -0.1) is 0 Å². The Bertz CT molecular complexity index is 946. The van der Waals surface area contributed by atoms with Crippen molar-refractivity contribution < 1.29 is 18.8 Å². The lowest BCUT2D eigenvalue weighted by atomic mass is 9.91. The average Bonchev–Trinajstić information content (AvgIpc) is 3.12. The van der Waals surface area contributed by atoms with Crippen molar-refractivity contribution in [3.63, 3.8) is 0 Å². The van der Waals surface area contributed by atoms with Gasteiger partial charge in [0.2, 0.25) is 5.91 Å². The molecule has 0 radical (unpaired) electrons. The van der Waals surface area contributed by atoms with Crippen LogP contribution in [0, 0.1) is 18.8 Å². The van der Waals surface area contributed by atoms with Crippen molar-refractivity contribution in [3.05, 3.63) is 52.4 Å². The molecule has 1 fully saturated rings. The van der Waals surface area contributed by atoms with Crippen molar-refractivity contribution in [2.24, 2.45) is 11.8 Å². The van der Waals surface area contributed by atoms with E-state index in [2.05, 4.69) is 24.5 Å². The van der Waals surface area contributed by atoms with Crippen molar-refractivity contribution in [1.82, 2.24) is 10.2 Å². The molecule has 1 aromatic heterocycles. The summed E-state index contributed by atoms with van der Waals surface area (Å²) in [6, 6.07) is 7.98. The molecule has 2 aromatic rings. The van der Waals surface area contributed by atoms with Crippen molar-refractivity contribution in [3.8, 4) is 0 Å². The fourth-order valence-electron chi connectivity index (χ4n) is 3.80. The molecule has 3 rings (SSSR count). The van der Waals surface area contributed by atoms with E-state index in [0.29, 0.717) is 47.0 Å². The first kappa shape index (κ1) is 21.9. The zero-order chi connectivity index (χ0) is 21.8. The van der Waals surface area contributed by atoms with Gasteiger partial charge in [-0.1, -0.05) is 25.4 Å². The maximum absolute atomic E-state index is 13.1. The maximum Gasteiger partial charge on any atom is 0.287 e. The van der Waals surface area contributed by atoms with Crippen molar-refractivity contribution >= 4 is 35.0 Å². The van der Waals surface area contributed by atoms with E-state index >= 15 is 0 Å². The lowest BCUT2D eigenvalue weighted by Gasteiger charge is -2.35. The second-order valence-electron chi connectivity index (χ2n) is 7.99. The van der Waals surface area contributed by atoms with E-state index in [1.54, 1.807) is 42.2 Å². The van der Waals surface area contributed by atoms with Gasteiger partial charge in [-0.3, -0.25) is 14.4 Å². The molecule has 0 unspecified atom stereocenters. The molecule has 0 aliphatic carbocycles. The average molecular weight is 432 g/mol. The first-order chi connectivity index (χ1) is 14.2. The van der Waals surface area contributed by atoms with Crippen LogP contribution in [0.15, 0.2) is 34.7 Å². The number of carbonyl (C=O) groups is 3. The SMILES string of the molecule is Cc1ccc(C(=O)NCC(=O)Nc2ccc(Cl)cc2C(=O)N2C[C@H](C)C[C@H](C)C2)o1. The van der Waals surface area contributed by atoms with Gasteiger partial charge < -0.3 is 20.0 Å². The largest absolute Gasteiger partial charge is 0.456 e. The Morgan fingerprint density at radius 1 is 1.13 bits per heavy atom. The Hall–Kier alpha value is -2.80. The van der Waals surface area contributed by atoms with Gasteiger partial charge in [0.1, 0.15) is 5.76 Å². The molecule has 3 amide bonds. The van der Waals surface area contributed by atoms with Gasteiger partial charge in [0, 0.05) is 18.1 Å². The normalized spacial score (nSPS) is 18.7. The Morgan fingerprint density at radius 3 is 2.47 bits per heavy atom. The van der Waals surface area contributed by atoms with Crippen molar-refractivity contribution in [2.45, 2.75) is 27.2 Å². The highest BCUT2D eigenvalue weighted by atomic mass is 35.5. The maximum atomic E-state index is 13.1. The summed E-state index contributed by atoms with van der Waals surface area (Å²) >= 11 is 6.12. The fraction of sp³-hybridized carbons (Fsp3) is 0.409. The third kappa shape index (κ3) is 5.42. The Balaban J connectivity index is 1.68. The van der Waals surface area contributed by atoms with Crippen molar-refractivity contribution in [1.29, 1.82) is 0 Å². The molecule has 2 heterocycles. The summed E-state index contributed by atoms with van der Waals surface area (Å²) in [5.74, 6) is 0.462. The number of aryl methyl sites for hydroxylation is 1. The van der Waals surface area contributed by atoms with E-state index in [4.69, 9.17) is 16.0 Å². The lowest BCUT2D eigenvalue weighted by Crippen LogP contribution is -2.43. The highest BCUT2D eigenvalue weighted by molar-refractivity contribution is 6.31. The van der Waals surface area contributed by atoms with Gasteiger partial charge in [0.15, 0.2) is 5.76 Å². The third-order valence-corrected chi connectivity index (χ3v) is 5.25. The van der Waals surface area contributed by atoms with E-state index in [9.17, 15) is 14.4 Å². The Kier molecular flexibility index (Phi) is 6.82. The van der Waals surface area contributed by atoms with Crippen LogP contribution in [0.4, 0.5) is 5.69 Å². The second kappa shape index (κ2) is 9.34. The quantitative estimate of drug-likeness (QED) is 0.754. The molecule has 1 saturated heterocycles. The number of hydrogen-bond acceptors (Lipinski definition) is 4. The summed E-state index contributed by atoms with van der Waals surface area (Å²) in [4.78, 5) is 39.4. The summed E-state index contributed by atoms with van der Waals surface area (Å²) in [5, 5.41) is 5.62. The number of nitrogens with zero attached hydrogens (tertiary/aromatic N) is 1. The van der Waals surface area contributed by atoms with E-state index < -0.39 is 11.8 Å². The number of likely N-dealkylation sites (tertiary alicyclic amines) is 1. The monoisotopic (exact) mass is 431 g/mol. The van der Waals surface area contributed by atoms with Crippen molar-refractivity contribution in [2.75, 3.05) is 25.0 Å². The molecule has 1 aromatic carbocycles. The molecule has 1 aliphatic heterocycles. The number of nitrogens with one attached hydrogen (secondary N) is 2. The number of amides is 3. The molecule has 7 nitrogen and oxygen atoms in total. The van der Waals surface area contributed by atoms with E-state index in [1.165, 1.54) is 0 Å². The number of halogens is 1. The highest BCUT2D eigenvalue weighted by Crippen LogP contribution is 2.27. The van der Waals surface area contributed by atoms with Crippen LogP contribution in [-0.4, -0.2) is 42.3 Å². The summed E-state index contributed by atoms with van der Waals surface area (Å²) in [5.41, 5.74) is 0.702. The van der Waals surface area contributed by atoms with Crippen LogP contribution < -0.4 is 10.6 Å². The first-order valence-corrected chi connectivity index (χ1v) is 10.3. The number of carbonyl (C=O) groups excluding carboxylic acids is 3. The number of furan rings is 1. The van der Waals surface area contributed by atoms with Gasteiger partial charge in [0.05, 0.1) is 17.8 Å². The predicted molar refractivity (Wildman–Crippen MR) is 115 cm³/mol. The number of rotatable bonds is 5. The Labute approximate surface area is 180 Å². The van der Waals surface area contributed by atoms with Crippen LogP contribution in [0.2, 0.25) is 5.02 Å². The first-order valence-electron chi connectivity index (χ1n) is 9.96. The topological polar surface area (TPSA) is 91.7 Å². The minimum Gasteiger partial charge on any atom is -0.456 e. The van der Waals surface area contributed by atoms with Crippen LogP contribution in [0.5, 0.6) is 0 Å². The lowest BCUT2D eigenvalue weighted by molar-refractivity contribution is -0.115. The highest BCUT2D eigenvalue weighted by Gasteiger charge is 2.28. The van der Waals surface area contributed by atoms with Gasteiger partial charge in [-0.25, -0.2) is 0 Å². The molecule has 0 spiro atoms. The van der Waals surface area contributed by atoms with Crippen LogP contribution in [0.25, 0.3) is 0 Å². The fourth-order valence-corrected chi connectivity index (χ4v) is 3.97. The number of piperidine rings is 1. The molecule has 2 N–H and O–H groups in total. The molecule has 30 heavy (non-hydrogen) atoms. The van der Waals surface area contributed by atoms with Gasteiger partial charge >= 0.3 is 0 Å². The molecule has 0 saturated carbocycles. The Morgan fingerprint density at radius 2 is 1.83 bits per heavy atom. The molecular weight excluding hydrogens is 406 g/mol. The number of benzene rings is 1. The van der Waals surface area contributed by atoms with E-state index in [1.807, 2.05) is 0 Å². The standard InChI is InChI=1S/C22H26ClN3O4/c1-13-8-14(2)12-26(11-13)22(29)17-9-16(23)5-6-18(17)25-20(27)10-24-21(28)19-7-4-15(3)30-19/h4-7,9,13-14H,8,10-12H2,1-3H3,(H,24,28)(H,25,27)/t13-,14+. The second-order valence-corrected chi connectivity index (χ2v) is 8.42. The smallest absolute Gasteiger partial charge is 0.287 e. The van der Waals surface area contributed by atoms with Crippen LogP contribution in [0.3, 0.4) is 0 Å². The summed E-state index contributed by atoms with van der Waals surface area (Å²) < 4.78 is 5.24. The summed E-state index contributed by atoms with van der Waals surface area (Å²) in [6.45, 7) is 7.06. The number of hydrogen-bond donors (Lipinski definition) is 2. The molecule has 1 aliphatic rings. The van der Waals surface area contributed by atoms with Crippen LogP contribution in [0.1, 0.15) is 46.9 Å². The predicted octanol–water partition coefficient (Wildman–Crippen LogP) is 3.73. The van der Waals surface area contributed by atoms with Gasteiger partial charge in [-0.05, 0) is 55.5 Å². The zero-order valence-corrected chi connectivity index (χ0v) is 18.1. The van der Waals surface area contributed by atoms with Crippen LogP contribution >= 0.6 is 11.6 Å². The van der Waals surface area contributed by atoms with E-state index in [-0.39, 0.29) is 18.2 Å². The minimum absolute atomic E-state index is 0.135. The third-order valence-electron chi connectivity index (χ3n) is 5.02. The van der Waals surface area contributed by atoms with E-state index in [0.717, 1.165) is 6.42 Å². The molecule has 0 bridgehead atoms. The summed E-state index contributed by atoms with van der Waals surface area (Å²) in [7, 11) is 0. The number of anilines is 1. The molecule has 160 valence electrons. The summed E-state index contributed by atoms with van der Waals surface area (Å²) in [6.07, 6.45) is 1.08. The van der Waals surface area contributed by atoms with Gasteiger partial charge in [0.25, 0.3) is 11.8 Å². The van der Waals surface area contributed by atoms with Crippen LogP contribution in [-0.2, 0) is 4.79 Å².